The zero-order valence-electron chi connectivity index (χ0n) is 9.76. The van der Waals surface area contributed by atoms with Crippen LogP contribution in [0.4, 0.5) is 0 Å². The van der Waals surface area contributed by atoms with Gasteiger partial charge in [0.25, 0.3) is 0 Å². The van der Waals surface area contributed by atoms with Crippen LogP contribution < -0.4 is 0 Å². The number of aromatic nitrogens is 2. The highest BCUT2D eigenvalue weighted by Crippen LogP contribution is 2.44. The minimum absolute atomic E-state index is 0.338. The number of nitrogens with zero attached hydrogens (tertiary/aromatic N) is 3. The van der Waals surface area contributed by atoms with Crippen molar-refractivity contribution >= 4 is 0 Å². The fourth-order valence-electron chi connectivity index (χ4n) is 2.65. The molecule has 88 valence electrons. The molecule has 3 rings (SSSR count). The quantitative estimate of drug-likeness (QED) is 0.801. The molecule has 1 aromatic heterocycles. The van der Waals surface area contributed by atoms with Crippen molar-refractivity contribution in [2.45, 2.75) is 24.9 Å². The van der Waals surface area contributed by atoms with Gasteiger partial charge < -0.3 is 5.11 Å². The van der Waals surface area contributed by atoms with Crippen LogP contribution in [0.1, 0.15) is 18.4 Å². The maximum absolute atomic E-state index is 10.2. The lowest BCUT2D eigenvalue weighted by Gasteiger charge is -2.47. The Morgan fingerprint density at radius 3 is 2.81 bits per heavy atom. The van der Waals surface area contributed by atoms with Crippen LogP contribution in [-0.4, -0.2) is 45.0 Å². The summed E-state index contributed by atoms with van der Waals surface area (Å²) in [6.07, 6.45) is 7.48. The van der Waals surface area contributed by atoms with E-state index in [0.717, 1.165) is 26.1 Å². The summed E-state index contributed by atoms with van der Waals surface area (Å²) < 4.78 is 1.84. The molecule has 4 nitrogen and oxygen atoms in total. The van der Waals surface area contributed by atoms with Crippen molar-refractivity contribution in [3.05, 3.63) is 18.0 Å². The first kappa shape index (κ1) is 10.3. The first-order valence-electron chi connectivity index (χ1n) is 6.08. The maximum atomic E-state index is 10.2. The van der Waals surface area contributed by atoms with Crippen LogP contribution >= 0.6 is 0 Å². The Morgan fingerprint density at radius 1 is 1.50 bits per heavy atom. The van der Waals surface area contributed by atoms with Gasteiger partial charge in [-0.15, -0.1) is 0 Å². The number of likely N-dealkylation sites (tertiary alicyclic amines) is 1. The molecule has 0 unspecified atom stereocenters. The Labute approximate surface area is 95.9 Å². The van der Waals surface area contributed by atoms with Crippen molar-refractivity contribution in [3.8, 4) is 0 Å². The molecule has 1 saturated heterocycles. The minimum atomic E-state index is -0.338. The zero-order chi connectivity index (χ0) is 11.2. The average molecular weight is 221 g/mol. The van der Waals surface area contributed by atoms with Gasteiger partial charge in [0.15, 0.2) is 0 Å². The Kier molecular flexibility index (Phi) is 2.30. The van der Waals surface area contributed by atoms with Crippen molar-refractivity contribution in [1.82, 2.24) is 14.7 Å². The van der Waals surface area contributed by atoms with Crippen LogP contribution in [0.5, 0.6) is 0 Å². The predicted molar refractivity (Wildman–Crippen MR) is 61.0 cm³/mol. The van der Waals surface area contributed by atoms with Crippen molar-refractivity contribution in [2.24, 2.45) is 13.0 Å². The van der Waals surface area contributed by atoms with Crippen molar-refractivity contribution in [3.63, 3.8) is 0 Å². The molecule has 0 aromatic carbocycles. The van der Waals surface area contributed by atoms with Crippen molar-refractivity contribution in [2.75, 3.05) is 19.6 Å². The van der Waals surface area contributed by atoms with E-state index in [0.29, 0.717) is 5.92 Å². The molecule has 1 saturated carbocycles. The molecule has 2 aliphatic rings. The molecule has 2 heterocycles. The van der Waals surface area contributed by atoms with E-state index in [1.165, 1.54) is 18.4 Å². The van der Waals surface area contributed by atoms with E-state index >= 15 is 0 Å². The number of hydrogen-bond donors (Lipinski definition) is 1. The Bertz CT molecular complexity index is 377. The lowest BCUT2D eigenvalue weighted by Crippen LogP contribution is -2.63. The number of rotatable bonds is 4. The van der Waals surface area contributed by atoms with Gasteiger partial charge in [-0.3, -0.25) is 9.58 Å². The number of β-amino-alcohol motifs (C(OH)–C–C–N with tert-alkyl or cyclic N) is 1. The molecule has 16 heavy (non-hydrogen) atoms. The predicted octanol–water partition coefficient (Wildman–Crippen LogP) is 0.419. The van der Waals surface area contributed by atoms with Crippen LogP contribution in [0, 0.1) is 5.92 Å². The summed E-state index contributed by atoms with van der Waals surface area (Å²) in [6.45, 7) is 2.79. The highest BCUT2D eigenvalue weighted by Gasteiger charge is 2.51. The molecule has 1 N–H and O–H groups in total. The van der Waals surface area contributed by atoms with E-state index in [9.17, 15) is 5.11 Å². The molecule has 0 radical (unpaired) electrons. The van der Waals surface area contributed by atoms with Gasteiger partial charge >= 0.3 is 0 Å². The van der Waals surface area contributed by atoms with Gasteiger partial charge in [-0.1, -0.05) is 0 Å². The Morgan fingerprint density at radius 2 is 2.25 bits per heavy atom. The van der Waals surface area contributed by atoms with E-state index in [-0.39, 0.29) is 5.60 Å². The molecule has 2 fully saturated rings. The van der Waals surface area contributed by atoms with Crippen LogP contribution in [-0.2, 0) is 13.5 Å². The molecule has 0 spiro atoms. The van der Waals surface area contributed by atoms with Gasteiger partial charge in [0.05, 0.1) is 11.8 Å². The van der Waals surface area contributed by atoms with Gasteiger partial charge in [-0.25, -0.2) is 0 Å². The number of aryl methyl sites for hydroxylation is 1. The monoisotopic (exact) mass is 221 g/mol. The molecule has 0 atom stereocenters. The Hall–Kier alpha value is -0.870. The Balaban J connectivity index is 1.44. The first-order chi connectivity index (χ1) is 7.66. The van der Waals surface area contributed by atoms with Gasteiger partial charge in [0.1, 0.15) is 0 Å². The second kappa shape index (κ2) is 3.57. The van der Waals surface area contributed by atoms with Crippen LogP contribution in [0.3, 0.4) is 0 Å². The van der Waals surface area contributed by atoms with Gasteiger partial charge in [-0.05, 0) is 30.7 Å². The van der Waals surface area contributed by atoms with Crippen LogP contribution in [0.2, 0.25) is 0 Å². The van der Waals surface area contributed by atoms with Crippen LogP contribution in [0.25, 0.3) is 0 Å². The average Bonchev–Trinajstić information content (AvgIpc) is 2.97. The van der Waals surface area contributed by atoms with E-state index in [1.807, 2.05) is 17.9 Å². The summed E-state index contributed by atoms with van der Waals surface area (Å²) in [5, 5.41) is 14.3. The molecule has 0 bridgehead atoms. The number of hydrogen-bond acceptors (Lipinski definition) is 3. The number of aliphatic hydroxyl groups is 1. The van der Waals surface area contributed by atoms with E-state index in [1.54, 1.807) is 0 Å². The molecule has 0 amide bonds. The summed E-state index contributed by atoms with van der Waals surface area (Å²) in [4.78, 5) is 2.34. The summed E-state index contributed by atoms with van der Waals surface area (Å²) in [5.74, 6) is 0.599. The summed E-state index contributed by atoms with van der Waals surface area (Å²) in [5.41, 5.74) is 0.943. The van der Waals surface area contributed by atoms with Gasteiger partial charge in [0.2, 0.25) is 0 Å². The molecule has 1 aromatic rings. The summed E-state index contributed by atoms with van der Waals surface area (Å²) >= 11 is 0. The molecule has 4 heteroatoms. The third-order valence-electron chi connectivity index (χ3n) is 3.81. The highest BCUT2D eigenvalue weighted by molar-refractivity contribution is 5.08. The maximum Gasteiger partial charge on any atom is 0.0928 e. The van der Waals surface area contributed by atoms with E-state index in [4.69, 9.17) is 0 Å². The van der Waals surface area contributed by atoms with Gasteiger partial charge in [0, 0.05) is 32.9 Å². The first-order valence-corrected chi connectivity index (χ1v) is 6.08. The SMILES string of the molecule is Cn1cc(CCN2CC(O)(C3CC3)C2)cn1. The van der Waals surface area contributed by atoms with Crippen molar-refractivity contribution in [1.29, 1.82) is 0 Å². The standard InChI is InChI=1S/C12H19N3O/c1-14-7-10(6-13-14)4-5-15-8-12(16,9-15)11-2-3-11/h6-7,11,16H,2-5,8-9H2,1H3. The lowest BCUT2D eigenvalue weighted by molar-refractivity contribution is -0.112. The van der Waals surface area contributed by atoms with E-state index < -0.39 is 0 Å². The van der Waals surface area contributed by atoms with Crippen molar-refractivity contribution < 1.29 is 5.11 Å². The largest absolute Gasteiger partial charge is 0.387 e. The van der Waals surface area contributed by atoms with Gasteiger partial charge in [-0.2, -0.15) is 5.10 Å². The third kappa shape index (κ3) is 1.87. The molecule has 1 aliphatic heterocycles. The second-order valence-electron chi connectivity index (χ2n) is 5.36. The third-order valence-corrected chi connectivity index (χ3v) is 3.81. The fraction of sp³-hybridized carbons (Fsp3) is 0.750. The highest BCUT2D eigenvalue weighted by atomic mass is 16.3. The summed E-state index contributed by atoms with van der Waals surface area (Å²) in [6, 6.07) is 0. The van der Waals surface area contributed by atoms with Crippen LogP contribution in [0.15, 0.2) is 12.4 Å². The normalized spacial score (nSPS) is 24.4. The zero-order valence-corrected chi connectivity index (χ0v) is 9.76. The van der Waals surface area contributed by atoms with E-state index in [2.05, 4.69) is 16.2 Å². The smallest absolute Gasteiger partial charge is 0.0928 e. The summed E-state index contributed by atoms with van der Waals surface area (Å²) in [7, 11) is 1.94. The fourth-order valence-corrected chi connectivity index (χ4v) is 2.65. The molecular weight excluding hydrogens is 202 g/mol. The molecular formula is C12H19N3O. The second-order valence-corrected chi connectivity index (χ2v) is 5.36. The minimum Gasteiger partial charge on any atom is -0.387 e. The lowest BCUT2D eigenvalue weighted by atomic mass is 9.88. The topological polar surface area (TPSA) is 41.3 Å². The molecule has 1 aliphatic carbocycles.